The molecule has 0 aliphatic heterocycles. The quantitative estimate of drug-likeness (QED) is 0.429. The predicted octanol–water partition coefficient (Wildman–Crippen LogP) is 4.95. The first-order valence-electron chi connectivity index (χ1n) is 13.1. The van der Waals surface area contributed by atoms with E-state index in [1.54, 1.807) is 32.9 Å². The van der Waals surface area contributed by atoms with Crippen LogP contribution in [0.15, 0.2) is 42.5 Å². The van der Waals surface area contributed by atoms with Gasteiger partial charge < -0.3 is 25.4 Å². The number of nitrogens with zero attached hydrogens (tertiary/aromatic N) is 1. The van der Waals surface area contributed by atoms with Crippen molar-refractivity contribution in [2.24, 2.45) is 0 Å². The van der Waals surface area contributed by atoms with Crippen molar-refractivity contribution in [3.8, 4) is 5.75 Å². The van der Waals surface area contributed by atoms with Gasteiger partial charge in [-0.1, -0.05) is 35.9 Å². The highest BCUT2D eigenvalue weighted by atomic mass is 16.6. The van der Waals surface area contributed by atoms with Gasteiger partial charge in [-0.15, -0.1) is 0 Å². The van der Waals surface area contributed by atoms with Crippen molar-refractivity contribution in [2.45, 2.75) is 98.5 Å². The Kier molecular flexibility index (Phi) is 10.3. The number of benzene rings is 2. The zero-order chi connectivity index (χ0) is 28.8. The largest absolute Gasteiger partial charge is 0.508 e. The first kappa shape index (κ1) is 30.7. The number of nitrogens with one attached hydrogen (secondary N) is 2. The normalized spacial score (nSPS) is 13.1. The van der Waals surface area contributed by atoms with E-state index < -0.39 is 29.7 Å². The summed E-state index contributed by atoms with van der Waals surface area (Å²) >= 11 is 0. The molecule has 2 rings (SSSR count). The molecule has 3 N–H and O–H groups in total. The van der Waals surface area contributed by atoms with Crippen LogP contribution in [0.1, 0.15) is 76.8 Å². The van der Waals surface area contributed by atoms with Crippen LogP contribution in [0.3, 0.4) is 0 Å². The van der Waals surface area contributed by atoms with Crippen molar-refractivity contribution >= 4 is 17.9 Å². The minimum Gasteiger partial charge on any atom is -0.508 e. The predicted molar refractivity (Wildman–Crippen MR) is 149 cm³/mol. The topological polar surface area (TPSA) is 108 Å². The number of hydrogen-bond acceptors (Lipinski definition) is 5. The molecular formula is C30H43N3O5. The van der Waals surface area contributed by atoms with E-state index in [1.807, 2.05) is 59.7 Å². The summed E-state index contributed by atoms with van der Waals surface area (Å²) in [6.45, 7) is 16.6. The van der Waals surface area contributed by atoms with Crippen molar-refractivity contribution in [3.63, 3.8) is 0 Å². The fraction of sp³-hybridized carbons (Fsp3) is 0.500. The van der Waals surface area contributed by atoms with Crippen LogP contribution < -0.4 is 10.6 Å². The lowest BCUT2D eigenvalue weighted by molar-refractivity contribution is -0.144. The van der Waals surface area contributed by atoms with Crippen LogP contribution in [-0.2, 0) is 20.7 Å². The molecule has 0 aliphatic carbocycles. The molecule has 0 bridgehead atoms. The summed E-state index contributed by atoms with van der Waals surface area (Å²) in [6.07, 6.45) is -0.583. The van der Waals surface area contributed by atoms with Crippen molar-refractivity contribution in [3.05, 3.63) is 64.7 Å². The molecule has 0 fully saturated rings. The number of aryl methyl sites for hydroxylation is 2. The Morgan fingerprint density at radius 2 is 1.55 bits per heavy atom. The van der Waals surface area contributed by atoms with Gasteiger partial charge in [-0.25, -0.2) is 4.79 Å². The van der Waals surface area contributed by atoms with Crippen LogP contribution in [0.2, 0.25) is 0 Å². The smallest absolute Gasteiger partial charge is 0.408 e. The van der Waals surface area contributed by atoms with Gasteiger partial charge in [-0.05, 0) is 91.1 Å². The van der Waals surface area contributed by atoms with Crippen LogP contribution in [0.4, 0.5) is 4.79 Å². The number of phenols is 1. The first-order chi connectivity index (χ1) is 17.6. The minimum atomic E-state index is -1.02. The van der Waals surface area contributed by atoms with Gasteiger partial charge in [-0.3, -0.25) is 9.59 Å². The zero-order valence-corrected chi connectivity index (χ0v) is 24.1. The summed E-state index contributed by atoms with van der Waals surface area (Å²) < 4.78 is 5.45. The monoisotopic (exact) mass is 525 g/mol. The maximum Gasteiger partial charge on any atom is 0.408 e. The third-order valence-electron chi connectivity index (χ3n) is 5.85. The highest BCUT2D eigenvalue weighted by Crippen LogP contribution is 2.29. The maximum absolute atomic E-state index is 14.3. The van der Waals surface area contributed by atoms with Gasteiger partial charge in [0, 0.05) is 18.5 Å². The summed E-state index contributed by atoms with van der Waals surface area (Å²) in [5, 5.41) is 15.4. The average Bonchev–Trinajstić information content (AvgIpc) is 2.76. The highest BCUT2D eigenvalue weighted by Gasteiger charge is 2.38. The molecule has 8 nitrogen and oxygen atoms in total. The number of amides is 3. The highest BCUT2D eigenvalue weighted by molar-refractivity contribution is 5.92. The summed E-state index contributed by atoms with van der Waals surface area (Å²) in [5.41, 5.74) is 2.63. The van der Waals surface area contributed by atoms with Gasteiger partial charge in [0.2, 0.25) is 11.8 Å². The standard InChI is InChI=1S/C30H43N3O5/c1-18(2)31-27(35)26(24-15-10-20(5)16-21(24)6)33(19(3)4)28(36)25(32-29(37)38-30(7,8)9)17-22-11-13-23(34)14-12-22/h10-16,18-19,25-26,34H,17H2,1-9H3,(H,31,35)(H,32,37). The number of ether oxygens (including phenoxy) is 1. The minimum absolute atomic E-state index is 0.0980. The van der Waals surface area contributed by atoms with Crippen LogP contribution in [0.5, 0.6) is 5.75 Å². The Labute approximate surface area is 226 Å². The molecule has 0 aliphatic rings. The number of rotatable bonds is 9. The molecule has 0 spiro atoms. The lowest BCUT2D eigenvalue weighted by atomic mass is 9.94. The molecule has 0 saturated carbocycles. The molecule has 38 heavy (non-hydrogen) atoms. The fourth-order valence-electron chi connectivity index (χ4n) is 4.29. The van der Waals surface area contributed by atoms with E-state index in [2.05, 4.69) is 10.6 Å². The number of hydrogen-bond donors (Lipinski definition) is 3. The molecule has 0 aromatic heterocycles. The van der Waals surface area contributed by atoms with Gasteiger partial charge in [0.05, 0.1) is 0 Å². The molecule has 2 atom stereocenters. The van der Waals surface area contributed by atoms with Gasteiger partial charge in [0.25, 0.3) is 0 Å². The Bertz CT molecular complexity index is 1120. The van der Waals surface area contributed by atoms with Crippen molar-refractivity contribution in [1.29, 1.82) is 0 Å². The van der Waals surface area contributed by atoms with E-state index in [4.69, 9.17) is 4.74 Å². The SMILES string of the molecule is Cc1ccc(C(C(=O)NC(C)C)N(C(=O)C(Cc2ccc(O)cc2)NC(=O)OC(C)(C)C)C(C)C)c(C)c1. The molecule has 2 unspecified atom stereocenters. The first-order valence-corrected chi connectivity index (χ1v) is 13.1. The fourth-order valence-corrected chi connectivity index (χ4v) is 4.29. The second kappa shape index (κ2) is 12.8. The summed E-state index contributed by atoms with van der Waals surface area (Å²) in [4.78, 5) is 42.2. The van der Waals surface area contributed by atoms with E-state index in [0.29, 0.717) is 0 Å². The summed E-state index contributed by atoms with van der Waals surface area (Å²) in [7, 11) is 0. The Morgan fingerprint density at radius 3 is 2.05 bits per heavy atom. The number of aromatic hydroxyl groups is 1. The van der Waals surface area contributed by atoms with E-state index in [9.17, 15) is 19.5 Å². The van der Waals surface area contributed by atoms with Crippen LogP contribution in [-0.4, -0.2) is 51.6 Å². The molecule has 0 heterocycles. The maximum atomic E-state index is 14.3. The van der Waals surface area contributed by atoms with E-state index in [-0.39, 0.29) is 30.2 Å². The van der Waals surface area contributed by atoms with Gasteiger partial charge >= 0.3 is 6.09 Å². The third kappa shape index (κ3) is 8.78. The Balaban J connectivity index is 2.58. The molecule has 208 valence electrons. The van der Waals surface area contributed by atoms with E-state index in [1.165, 1.54) is 17.0 Å². The van der Waals surface area contributed by atoms with Crippen molar-refractivity contribution in [2.75, 3.05) is 0 Å². The summed E-state index contributed by atoms with van der Waals surface area (Å²) in [6, 6.07) is 9.81. The van der Waals surface area contributed by atoms with Gasteiger partial charge in [0.1, 0.15) is 23.4 Å². The zero-order valence-electron chi connectivity index (χ0n) is 24.1. The number of carbonyl (C=O) groups is 3. The third-order valence-corrected chi connectivity index (χ3v) is 5.85. The lowest BCUT2D eigenvalue weighted by Gasteiger charge is -2.38. The van der Waals surface area contributed by atoms with Gasteiger partial charge in [0.15, 0.2) is 0 Å². The molecule has 0 saturated heterocycles. The van der Waals surface area contributed by atoms with Crippen LogP contribution in [0.25, 0.3) is 0 Å². The number of phenolic OH excluding ortho intramolecular Hbond substituents is 1. The Hall–Kier alpha value is -3.55. The number of carbonyl (C=O) groups excluding carboxylic acids is 3. The van der Waals surface area contributed by atoms with Crippen LogP contribution in [0, 0.1) is 13.8 Å². The number of alkyl carbamates (subject to hydrolysis) is 1. The molecular weight excluding hydrogens is 482 g/mol. The van der Waals surface area contributed by atoms with Crippen molar-refractivity contribution in [1.82, 2.24) is 15.5 Å². The molecule has 0 radical (unpaired) electrons. The van der Waals surface area contributed by atoms with E-state index >= 15 is 0 Å². The molecule has 2 aromatic carbocycles. The Morgan fingerprint density at radius 1 is 0.947 bits per heavy atom. The van der Waals surface area contributed by atoms with E-state index in [0.717, 1.165) is 22.3 Å². The second-order valence-electron chi connectivity index (χ2n) is 11.3. The summed E-state index contributed by atoms with van der Waals surface area (Å²) in [5.74, 6) is -0.613. The average molecular weight is 526 g/mol. The second-order valence-corrected chi connectivity index (χ2v) is 11.3. The molecule has 2 aromatic rings. The van der Waals surface area contributed by atoms with Gasteiger partial charge in [-0.2, -0.15) is 0 Å². The van der Waals surface area contributed by atoms with Crippen LogP contribution >= 0.6 is 0 Å². The lowest BCUT2D eigenvalue weighted by Crippen LogP contribution is -2.56. The molecule has 8 heteroatoms. The van der Waals surface area contributed by atoms with Crippen molar-refractivity contribution < 1.29 is 24.2 Å². The molecule has 3 amide bonds.